The number of carboxylic acids is 1. The van der Waals surface area contributed by atoms with Gasteiger partial charge in [0, 0.05) is 16.3 Å². The Hall–Kier alpha value is -2.14. The standard InChI is InChI=1S/C25H26BrNO3/c26-20-3-6-22(28)18(8-20)14-27-21-4-1-19(2-5-21)25-11-16-7-17(12-25)10-24(9-16,15-25)13-23(29)30/h1-6,8,14,16-17,28H,7,9-13,15H2,(H,29,30). The molecule has 156 valence electrons. The molecule has 6 rings (SSSR count). The first kappa shape index (κ1) is 19.8. The molecule has 0 amide bonds. The number of rotatable bonds is 5. The van der Waals surface area contributed by atoms with Gasteiger partial charge in [0.1, 0.15) is 5.75 Å². The smallest absolute Gasteiger partial charge is 0.303 e. The second kappa shape index (κ2) is 7.23. The fourth-order valence-corrected chi connectivity index (χ4v) is 7.37. The molecule has 2 aromatic rings. The Morgan fingerprint density at radius 3 is 2.47 bits per heavy atom. The fraction of sp³-hybridized carbons (Fsp3) is 0.440. The quantitative estimate of drug-likeness (QED) is 0.512. The molecule has 0 radical (unpaired) electrons. The molecule has 5 heteroatoms. The van der Waals surface area contributed by atoms with E-state index in [4.69, 9.17) is 0 Å². The maximum absolute atomic E-state index is 11.6. The van der Waals surface area contributed by atoms with Gasteiger partial charge < -0.3 is 10.2 Å². The molecule has 0 aliphatic heterocycles. The molecule has 4 nitrogen and oxygen atoms in total. The van der Waals surface area contributed by atoms with Gasteiger partial charge in [0.2, 0.25) is 0 Å². The number of nitrogens with zero attached hydrogens (tertiary/aromatic N) is 1. The Kier molecular flexibility index (Phi) is 4.77. The third-order valence-electron chi connectivity index (χ3n) is 7.53. The van der Waals surface area contributed by atoms with Gasteiger partial charge in [-0.15, -0.1) is 0 Å². The number of benzene rings is 2. The van der Waals surface area contributed by atoms with Gasteiger partial charge in [0.15, 0.2) is 0 Å². The number of phenolic OH excluding ortho intramolecular Hbond substituents is 1. The van der Waals surface area contributed by atoms with Gasteiger partial charge in [-0.2, -0.15) is 0 Å². The van der Waals surface area contributed by atoms with Crippen molar-refractivity contribution in [2.24, 2.45) is 22.2 Å². The van der Waals surface area contributed by atoms with Crippen LogP contribution in [-0.4, -0.2) is 22.4 Å². The number of aromatic hydroxyl groups is 1. The van der Waals surface area contributed by atoms with E-state index in [0.29, 0.717) is 23.8 Å². The number of carboxylic acid groups (broad SMARTS) is 1. The summed E-state index contributed by atoms with van der Waals surface area (Å²) in [5.41, 5.74) is 2.99. The van der Waals surface area contributed by atoms with E-state index in [1.54, 1.807) is 18.3 Å². The predicted molar refractivity (Wildman–Crippen MR) is 121 cm³/mol. The number of halogens is 1. The van der Waals surface area contributed by atoms with Gasteiger partial charge in [-0.25, -0.2) is 0 Å². The minimum absolute atomic E-state index is 0.00896. The van der Waals surface area contributed by atoms with Gasteiger partial charge in [0.25, 0.3) is 0 Å². The summed E-state index contributed by atoms with van der Waals surface area (Å²) in [6.45, 7) is 0. The molecule has 0 aromatic heterocycles. The molecular weight excluding hydrogens is 442 g/mol. The van der Waals surface area contributed by atoms with E-state index in [-0.39, 0.29) is 16.6 Å². The largest absolute Gasteiger partial charge is 0.507 e. The zero-order valence-electron chi connectivity index (χ0n) is 16.9. The molecule has 2 unspecified atom stereocenters. The minimum Gasteiger partial charge on any atom is -0.507 e. The summed E-state index contributed by atoms with van der Waals surface area (Å²) in [5.74, 6) is 0.897. The number of aliphatic carboxylic acids is 1. The molecular formula is C25H26BrNO3. The van der Waals surface area contributed by atoms with Crippen LogP contribution in [0, 0.1) is 17.3 Å². The van der Waals surface area contributed by atoms with Gasteiger partial charge >= 0.3 is 5.97 Å². The molecule has 2 N–H and O–H groups in total. The van der Waals surface area contributed by atoms with Crippen LogP contribution in [0.3, 0.4) is 0 Å². The van der Waals surface area contributed by atoms with E-state index in [1.807, 2.05) is 18.2 Å². The summed E-state index contributed by atoms with van der Waals surface area (Å²) in [5, 5.41) is 19.5. The number of hydrogen-bond donors (Lipinski definition) is 2. The first-order valence-corrected chi connectivity index (χ1v) is 11.5. The topological polar surface area (TPSA) is 69.9 Å². The summed E-state index contributed by atoms with van der Waals surface area (Å²) in [7, 11) is 0. The van der Waals surface area contributed by atoms with Crippen LogP contribution < -0.4 is 0 Å². The van der Waals surface area contributed by atoms with Crippen molar-refractivity contribution >= 4 is 33.8 Å². The molecule has 4 bridgehead atoms. The predicted octanol–water partition coefficient (Wildman–Crippen LogP) is 6.22. The zero-order valence-corrected chi connectivity index (χ0v) is 18.4. The van der Waals surface area contributed by atoms with Crippen molar-refractivity contribution in [3.05, 3.63) is 58.1 Å². The average Bonchev–Trinajstić information content (AvgIpc) is 2.67. The maximum Gasteiger partial charge on any atom is 0.303 e. The molecule has 4 saturated carbocycles. The van der Waals surface area contributed by atoms with Crippen molar-refractivity contribution in [1.82, 2.24) is 0 Å². The van der Waals surface area contributed by atoms with Crippen molar-refractivity contribution in [1.29, 1.82) is 0 Å². The lowest BCUT2D eigenvalue weighted by Crippen LogP contribution is -2.54. The summed E-state index contributed by atoms with van der Waals surface area (Å²) in [6, 6.07) is 13.7. The normalized spacial score (nSPS) is 32.0. The summed E-state index contributed by atoms with van der Waals surface area (Å²) in [4.78, 5) is 16.1. The van der Waals surface area contributed by atoms with E-state index in [9.17, 15) is 15.0 Å². The third-order valence-corrected chi connectivity index (χ3v) is 8.02. The summed E-state index contributed by atoms with van der Waals surface area (Å²) >= 11 is 3.42. The van der Waals surface area contributed by atoms with Crippen LogP contribution >= 0.6 is 15.9 Å². The van der Waals surface area contributed by atoms with Gasteiger partial charge in [-0.05, 0) is 97.1 Å². The van der Waals surface area contributed by atoms with Crippen LogP contribution in [0.25, 0.3) is 0 Å². The Morgan fingerprint density at radius 1 is 1.10 bits per heavy atom. The highest BCUT2D eigenvalue weighted by atomic mass is 79.9. The second-order valence-corrected chi connectivity index (χ2v) is 10.7. The highest BCUT2D eigenvalue weighted by molar-refractivity contribution is 9.10. The molecule has 0 spiro atoms. The zero-order chi connectivity index (χ0) is 20.9. The highest BCUT2D eigenvalue weighted by Crippen LogP contribution is 2.66. The SMILES string of the molecule is O=C(O)CC12CC3CC(C1)CC(c1ccc(N=Cc4cc(Br)ccc4O)cc1)(C3)C2. The highest BCUT2D eigenvalue weighted by Gasteiger charge is 2.58. The Morgan fingerprint density at radius 2 is 1.80 bits per heavy atom. The Balaban J connectivity index is 1.39. The molecule has 4 fully saturated rings. The molecule has 4 aliphatic carbocycles. The van der Waals surface area contributed by atoms with Crippen LogP contribution in [0.5, 0.6) is 5.75 Å². The molecule has 0 saturated heterocycles. The number of aliphatic imine (C=N–C) groups is 1. The first-order valence-electron chi connectivity index (χ1n) is 10.7. The molecule has 0 heterocycles. The monoisotopic (exact) mass is 467 g/mol. The van der Waals surface area contributed by atoms with E-state index >= 15 is 0 Å². The van der Waals surface area contributed by atoms with Crippen LogP contribution in [-0.2, 0) is 10.2 Å². The molecule has 4 aliphatic rings. The maximum atomic E-state index is 11.6. The van der Waals surface area contributed by atoms with E-state index in [0.717, 1.165) is 29.4 Å². The Labute approximate surface area is 185 Å². The van der Waals surface area contributed by atoms with Crippen molar-refractivity contribution in [2.45, 2.75) is 50.4 Å². The lowest BCUT2D eigenvalue weighted by molar-refractivity contribution is -0.146. The Bertz CT molecular complexity index is 1000. The molecule has 2 atom stereocenters. The lowest BCUT2D eigenvalue weighted by atomic mass is 9.42. The average molecular weight is 468 g/mol. The van der Waals surface area contributed by atoms with Crippen molar-refractivity contribution in [2.75, 3.05) is 0 Å². The van der Waals surface area contributed by atoms with Crippen LogP contribution in [0.1, 0.15) is 56.1 Å². The number of hydrogen-bond acceptors (Lipinski definition) is 3. The number of carbonyl (C=O) groups is 1. The van der Waals surface area contributed by atoms with Gasteiger partial charge in [-0.3, -0.25) is 9.79 Å². The van der Waals surface area contributed by atoms with E-state index in [1.165, 1.54) is 24.8 Å². The second-order valence-electron chi connectivity index (χ2n) is 9.82. The van der Waals surface area contributed by atoms with Crippen molar-refractivity contribution in [3.63, 3.8) is 0 Å². The third kappa shape index (κ3) is 3.58. The molecule has 2 aromatic carbocycles. The van der Waals surface area contributed by atoms with Crippen LogP contribution in [0.2, 0.25) is 0 Å². The van der Waals surface area contributed by atoms with Crippen LogP contribution in [0.15, 0.2) is 51.9 Å². The summed E-state index contributed by atoms with van der Waals surface area (Å²) in [6.07, 6.45) is 8.86. The van der Waals surface area contributed by atoms with Crippen molar-refractivity contribution < 1.29 is 15.0 Å². The summed E-state index contributed by atoms with van der Waals surface area (Å²) < 4.78 is 0.897. The first-order chi connectivity index (χ1) is 14.3. The van der Waals surface area contributed by atoms with E-state index in [2.05, 4.69) is 33.1 Å². The fourth-order valence-electron chi connectivity index (χ4n) is 6.99. The van der Waals surface area contributed by atoms with Gasteiger partial charge in [-0.1, -0.05) is 28.1 Å². The molecule has 30 heavy (non-hydrogen) atoms. The van der Waals surface area contributed by atoms with E-state index < -0.39 is 5.97 Å². The van der Waals surface area contributed by atoms with Crippen LogP contribution in [0.4, 0.5) is 5.69 Å². The lowest BCUT2D eigenvalue weighted by Gasteiger charge is -2.62. The minimum atomic E-state index is -0.646. The van der Waals surface area contributed by atoms with Gasteiger partial charge in [0.05, 0.1) is 12.1 Å². The van der Waals surface area contributed by atoms with Crippen molar-refractivity contribution in [3.8, 4) is 5.75 Å². The number of phenols is 1.